The number of alkyl halides is 3. The highest BCUT2D eigenvalue weighted by molar-refractivity contribution is 7.80. The zero-order chi connectivity index (χ0) is 18.4. The highest BCUT2D eigenvalue weighted by atomic mass is 32.1. The van der Waals surface area contributed by atoms with Crippen molar-refractivity contribution in [1.82, 2.24) is 5.32 Å². The predicted molar refractivity (Wildman–Crippen MR) is 93.9 cm³/mol. The van der Waals surface area contributed by atoms with E-state index < -0.39 is 6.36 Å². The molecule has 2 N–H and O–H groups in total. The van der Waals surface area contributed by atoms with Crippen LogP contribution < -0.4 is 20.1 Å². The van der Waals surface area contributed by atoms with E-state index in [1.54, 1.807) is 12.1 Å². The zero-order valence-electron chi connectivity index (χ0n) is 13.6. The van der Waals surface area contributed by atoms with Crippen molar-refractivity contribution >= 4 is 23.0 Å². The molecule has 0 aliphatic carbocycles. The Hall–Kier alpha value is -2.48. The van der Waals surface area contributed by atoms with Gasteiger partial charge in [0.15, 0.2) is 5.11 Å². The number of anilines is 1. The van der Waals surface area contributed by atoms with Gasteiger partial charge in [-0.3, -0.25) is 0 Å². The first kappa shape index (κ1) is 18.9. The lowest BCUT2D eigenvalue weighted by Gasteiger charge is -2.16. The van der Waals surface area contributed by atoms with Gasteiger partial charge >= 0.3 is 6.36 Å². The Morgan fingerprint density at radius 1 is 1.12 bits per heavy atom. The number of aryl methyl sites for hydroxylation is 1. The molecule has 2 aromatic rings. The average Bonchev–Trinajstić information content (AvgIpc) is 2.53. The van der Waals surface area contributed by atoms with Gasteiger partial charge in [-0.2, -0.15) is 0 Å². The lowest BCUT2D eigenvalue weighted by atomic mass is 10.2. The van der Waals surface area contributed by atoms with Crippen LogP contribution in [-0.4, -0.2) is 18.6 Å². The van der Waals surface area contributed by atoms with Crippen LogP contribution in [0.25, 0.3) is 0 Å². The first-order chi connectivity index (χ1) is 11.8. The number of nitrogens with one attached hydrogen (secondary N) is 2. The average molecular weight is 370 g/mol. The number of ether oxygens (including phenoxy) is 2. The fourth-order valence-corrected chi connectivity index (χ4v) is 2.32. The van der Waals surface area contributed by atoms with Crippen molar-refractivity contribution in [3.05, 3.63) is 53.6 Å². The number of para-hydroxylation sites is 1. The largest absolute Gasteiger partial charge is 0.573 e. The molecule has 0 radical (unpaired) electrons. The van der Waals surface area contributed by atoms with Crippen molar-refractivity contribution in [2.24, 2.45) is 0 Å². The molecule has 0 amide bonds. The summed E-state index contributed by atoms with van der Waals surface area (Å²) < 4.78 is 46.6. The van der Waals surface area contributed by atoms with E-state index in [0.717, 1.165) is 5.56 Å². The normalized spacial score (nSPS) is 10.9. The van der Waals surface area contributed by atoms with E-state index in [1.165, 1.54) is 25.3 Å². The van der Waals surface area contributed by atoms with Crippen molar-refractivity contribution < 1.29 is 22.6 Å². The molecular weight excluding hydrogens is 353 g/mol. The maximum absolute atomic E-state index is 12.4. The molecule has 0 spiro atoms. The lowest BCUT2D eigenvalue weighted by molar-refractivity contribution is -0.274. The van der Waals surface area contributed by atoms with E-state index in [9.17, 15) is 13.2 Å². The molecule has 0 fully saturated rings. The van der Waals surface area contributed by atoms with E-state index in [2.05, 4.69) is 15.4 Å². The Morgan fingerprint density at radius 2 is 1.84 bits per heavy atom. The molecule has 0 unspecified atom stereocenters. The van der Waals surface area contributed by atoms with E-state index in [0.29, 0.717) is 17.0 Å². The molecule has 0 bridgehead atoms. The van der Waals surface area contributed by atoms with Crippen molar-refractivity contribution in [3.8, 4) is 11.5 Å². The van der Waals surface area contributed by atoms with Gasteiger partial charge in [0.05, 0.1) is 12.8 Å². The Kier molecular flexibility index (Phi) is 6.08. The molecule has 0 heterocycles. The van der Waals surface area contributed by atoms with Gasteiger partial charge in [-0.15, -0.1) is 13.2 Å². The topological polar surface area (TPSA) is 42.5 Å². The Morgan fingerprint density at radius 3 is 2.52 bits per heavy atom. The molecule has 4 nitrogen and oxygen atoms in total. The third-order valence-electron chi connectivity index (χ3n) is 3.24. The van der Waals surface area contributed by atoms with Crippen LogP contribution in [0.4, 0.5) is 18.9 Å². The minimum atomic E-state index is -4.75. The Bertz CT molecular complexity index is 751. The first-order valence-corrected chi connectivity index (χ1v) is 7.72. The van der Waals surface area contributed by atoms with E-state index in [4.69, 9.17) is 17.0 Å². The van der Waals surface area contributed by atoms with Crippen LogP contribution in [0.3, 0.4) is 0 Å². The summed E-state index contributed by atoms with van der Waals surface area (Å²) in [4.78, 5) is 0. The van der Waals surface area contributed by atoms with Gasteiger partial charge in [0.2, 0.25) is 0 Å². The number of benzene rings is 2. The zero-order valence-corrected chi connectivity index (χ0v) is 14.4. The van der Waals surface area contributed by atoms with E-state index in [1.807, 2.05) is 19.1 Å². The smallest absolute Gasteiger partial charge is 0.495 e. The Labute approximate surface area is 148 Å². The predicted octanol–water partition coefficient (Wildman–Crippen LogP) is 4.39. The number of thiocarbonyl (C=S) groups is 1. The fraction of sp³-hybridized carbons (Fsp3) is 0.235. The van der Waals surface area contributed by atoms with Gasteiger partial charge in [0, 0.05) is 12.1 Å². The molecule has 0 aromatic heterocycles. The highest BCUT2D eigenvalue weighted by Crippen LogP contribution is 2.27. The van der Waals surface area contributed by atoms with Gasteiger partial charge in [-0.05, 0) is 42.9 Å². The molecule has 0 atom stereocenters. The number of rotatable bonds is 5. The molecule has 134 valence electrons. The lowest BCUT2D eigenvalue weighted by Crippen LogP contribution is -2.28. The highest BCUT2D eigenvalue weighted by Gasteiger charge is 2.31. The molecule has 8 heteroatoms. The summed E-state index contributed by atoms with van der Waals surface area (Å²) in [6.45, 7) is 2.00. The van der Waals surface area contributed by atoms with Crippen LogP contribution in [0.15, 0.2) is 42.5 Å². The van der Waals surface area contributed by atoms with Gasteiger partial charge in [0.25, 0.3) is 0 Å². The summed E-state index contributed by atoms with van der Waals surface area (Å²) in [5.41, 5.74) is 2.01. The summed E-state index contributed by atoms with van der Waals surface area (Å²) in [6, 6.07) is 11.4. The van der Waals surface area contributed by atoms with Gasteiger partial charge in [0.1, 0.15) is 11.5 Å². The molecule has 0 aliphatic rings. The first-order valence-electron chi connectivity index (χ1n) is 7.31. The SMILES string of the molecule is COc1ccc(C)cc1NC(=S)NCc1ccccc1OC(F)(F)F. The van der Waals surface area contributed by atoms with Crippen LogP contribution >= 0.6 is 12.2 Å². The summed E-state index contributed by atoms with van der Waals surface area (Å²) >= 11 is 5.20. The second-order valence-corrected chi connectivity index (χ2v) is 5.58. The quantitative estimate of drug-likeness (QED) is 0.764. The van der Waals surface area contributed by atoms with Crippen LogP contribution in [-0.2, 0) is 6.54 Å². The number of halogens is 3. The molecule has 25 heavy (non-hydrogen) atoms. The van der Waals surface area contributed by atoms with Gasteiger partial charge < -0.3 is 20.1 Å². The maximum Gasteiger partial charge on any atom is 0.573 e. The second kappa shape index (κ2) is 8.06. The summed E-state index contributed by atoms with van der Waals surface area (Å²) in [6.07, 6.45) is -4.75. The summed E-state index contributed by atoms with van der Waals surface area (Å²) in [5, 5.41) is 6.09. The minimum absolute atomic E-state index is 0.0756. The fourth-order valence-electron chi connectivity index (χ4n) is 2.14. The van der Waals surface area contributed by atoms with Crippen molar-refractivity contribution in [2.75, 3.05) is 12.4 Å². The second-order valence-electron chi connectivity index (χ2n) is 5.17. The molecular formula is C17H17F3N2O2S. The van der Waals surface area contributed by atoms with E-state index >= 15 is 0 Å². The molecule has 0 saturated carbocycles. The monoisotopic (exact) mass is 370 g/mol. The molecule has 0 saturated heterocycles. The van der Waals surface area contributed by atoms with E-state index in [-0.39, 0.29) is 17.4 Å². The minimum Gasteiger partial charge on any atom is -0.495 e. The van der Waals surface area contributed by atoms with Gasteiger partial charge in [-0.25, -0.2) is 0 Å². The van der Waals surface area contributed by atoms with Crippen LogP contribution in [0, 0.1) is 6.92 Å². The molecule has 0 aliphatic heterocycles. The maximum atomic E-state index is 12.4. The standard InChI is InChI=1S/C17H17F3N2O2S/c1-11-7-8-15(23-2)13(9-11)22-16(25)21-10-12-5-3-4-6-14(12)24-17(18,19)20/h3-9H,10H2,1-2H3,(H2,21,22,25). The van der Waals surface area contributed by atoms with Crippen LogP contribution in [0.5, 0.6) is 11.5 Å². The summed E-state index contributed by atoms with van der Waals surface area (Å²) in [5.74, 6) is 0.342. The van der Waals surface area contributed by atoms with Gasteiger partial charge in [-0.1, -0.05) is 24.3 Å². The van der Waals surface area contributed by atoms with Crippen LogP contribution in [0.1, 0.15) is 11.1 Å². The van der Waals surface area contributed by atoms with Crippen molar-refractivity contribution in [3.63, 3.8) is 0 Å². The van der Waals surface area contributed by atoms with Crippen LogP contribution in [0.2, 0.25) is 0 Å². The summed E-state index contributed by atoms with van der Waals surface area (Å²) in [7, 11) is 1.54. The number of methoxy groups -OCH3 is 1. The third kappa shape index (κ3) is 5.82. The van der Waals surface area contributed by atoms with Crippen molar-refractivity contribution in [2.45, 2.75) is 19.8 Å². The van der Waals surface area contributed by atoms with Crippen molar-refractivity contribution in [1.29, 1.82) is 0 Å². The number of hydrogen-bond acceptors (Lipinski definition) is 3. The number of hydrogen-bond donors (Lipinski definition) is 2. The molecule has 2 aromatic carbocycles. The Balaban J connectivity index is 2.03. The third-order valence-corrected chi connectivity index (χ3v) is 3.49. The molecule has 2 rings (SSSR count).